The summed E-state index contributed by atoms with van der Waals surface area (Å²) in [4.78, 5) is 14.7. The maximum absolute atomic E-state index is 9.41. The van der Waals surface area contributed by atoms with Gasteiger partial charge in [-0.05, 0) is 82.7 Å². The minimum absolute atomic E-state index is 0.124. The normalized spacial score (nSPS) is 21.2. The molecular formula is C32H36ClN7O2. The van der Waals surface area contributed by atoms with Crippen molar-refractivity contribution in [3.05, 3.63) is 35.0 Å². The summed E-state index contributed by atoms with van der Waals surface area (Å²) in [5.41, 5.74) is 4.55. The third-order valence-electron chi connectivity index (χ3n) is 9.02. The molecule has 0 radical (unpaired) electrons. The molecule has 1 saturated carbocycles. The number of nitrogens with one attached hydrogen (secondary N) is 1. The Hall–Kier alpha value is -3.61. The summed E-state index contributed by atoms with van der Waals surface area (Å²) in [5, 5.41) is 19.2. The third-order valence-corrected chi connectivity index (χ3v) is 9.32. The van der Waals surface area contributed by atoms with E-state index in [0.29, 0.717) is 47.3 Å². The van der Waals surface area contributed by atoms with Gasteiger partial charge in [-0.15, -0.1) is 0 Å². The number of aryl methyl sites for hydroxylation is 1. The number of hydrogen-bond acceptors (Lipinski definition) is 8. The predicted octanol–water partition coefficient (Wildman–Crippen LogP) is 6.28. The first-order valence-electron chi connectivity index (χ1n) is 15.1. The van der Waals surface area contributed by atoms with Crippen LogP contribution in [0.1, 0.15) is 50.5 Å². The van der Waals surface area contributed by atoms with Crippen molar-refractivity contribution in [2.45, 2.75) is 64.0 Å². The number of piperidine rings is 1. The molecule has 1 aliphatic carbocycles. The van der Waals surface area contributed by atoms with Crippen molar-refractivity contribution in [3.63, 3.8) is 0 Å². The van der Waals surface area contributed by atoms with Crippen LogP contribution in [-0.4, -0.2) is 70.5 Å². The van der Waals surface area contributed by atoms with Crippen molar-refractivity contribution in [1.82, 2.24) is 25.1 Å². The van der Waals surface area contributed by atoms with Crippen LogP contribution in [0.4, 0.5) is 5.82 Å². The first kappa shape index (κ1) is 27.2. The quantitative estimate of drug-likeness (QED) is 0.258. The van der Waals surface area contributed by atoms with Crippen LogP contribution in [0.3, 0.4) is 0 Å². The molecule has 3 aliphatic rings. The second kappa shape index (κ2) is 11.2. The van der Waals surface area contributed by atoms with Crippen LogP contribution >= 0.6 is 11.6 Å². The summed E-state index contributed by atoms with van der Waals surface area (Å²) in [7, 11) is 2.14. The molecule has 3 fully saturated rings. The zero-order valence-electron chi connectivity index (χ0n) is 24.2. The summed E-state index contributed by atoms with van der Waals surface area (Å²) >= 11 is 7.21. The fraction of sp³-hybridized carbons (Fsp3) is 0.500. The van der Waals surface area contributed by atoms with Crippen LogP contribution in [0.5, 0.6) is 11.8 Å². The van der Waals surface area contributed by atoms with E-state index in [1.165, 1.54) is 6.42 Å². The molecule has 1 N–H and O–H groups in total. The van der Waals surface area contributed by atoms with E-state index in [4.69, 9.17) is 31.0 Å². The molecular weight excluding hydrogens is 550 g/mol. The summed E-state index contributed by atoms with van der Waals surface area (Å²) in [6.45, 7) is 5.31. The Balaban J connectivity index is 1.42. The molecule has 42 heavy (non-hydrogen) atoms. The maximum atomic E-state index is 9.41. The number of nitriles is 1. The fourth-order valence-electron chi connectivity index (χ4n) is 6.55. The van der Waals surface area contributed by atoms with Crippen LogP contribution in [0, 0.1) is 24.2 Å². The van der Waals surface area contributed by atoms with Crippen LogP contribution in [-0.2, 0) is 0 Å². The van der Waals surface area contributed by atoms with E-state index in [1.54, 1.807) is 0 Å². The van der Waals surface area contributed by atoms with Crippen molar-refractivity contribution >= 4 is 39.2 Å². The molecule has 2 aliphatic heterocycles. The molecule has 2 atom stereocenters. The van der Waals surface area contributed by atoms with Gasteiger partial charge in [0.1, 0.15) is 17.9 Å². The average Bonchev–Trinajstić information content (AvgIpc) is 3.51. The molecule has 4 heterocycles. The van der Waals surface area contributed by atoms with E-state index in [-0.39, 0.29) is 6.10 Å². The van der Waals surface area contributed by atoms with E-state index in [2.05, 4.69) is 46.1 Å². The second-order valence-electron chi connectivity index (χ2n) is 12.1. The first-order valence-corrected chi connectivity index (χ1v) is 15.5. The Morgan fingerprint density at radius 3 is 2.74 bits per heavy atom. The van der Waals surface area contributed by atoms with Crippen LogP contribution in [0.2, 0.25) is 5.02 Å². The number of ether oxygens (including phenoxy) is 2. The summed E-state index contributed by atoms with van der Waals surface area (Å²) in [5.74, 6) is 1.77. The zero-order chi connectivity index (χ0) is 28.8. The largest absolute Gasteiger partial charge is 0.487 e. The highest BCUT2D eigenvalue weighted by atomic mass is 35.5. The summed E-state index contributed by atoms with van der Waals surface area (Å²) in [6.07, 6.45) is 8.81. The molecule has 2 aromatic heterocycles. The molecule has 0 unspecified atom stereocenters. The minimum Gasteiger partial charge on any atom is -0.487 e. The lowest BCUT2D eigenvalue weighted by atomic mass is 9.94. The van der Waals surface area contributed by atoms with Gasteiger partial charge in [0, 0.05) is 47.5 Å². The number of likely N-dealkylation sites (tertiary alicyclic amines) is 1. The van der Waals surface area contributed by atoms with E-state index in [0.717, 1.165) is 90.5 Å². The number of rotatable bonds is 8. The third kappa shape index (κ3) is 5.12. The predicted molar refractivity (Wildman–Crippen MR) is 164 cm³/mol. The fourth-order valence-corrected chi connectivity index (χ4v) is 6.84. The van der Waals surface area contributed by atoms with E-state index in [9.17, 15) is 5.26 Å². The zero-order valence-corrected chi connectivity index (χ0v) is 25.0. The van der Waals surface area contributed by atoms with Crippen LogP contribution in [0.25, 0.3) is 32.9 Å². The van der Waals surface area contributed by atoms with E-state index in [1.807, 2.05) is 18.3 Å². The van der Waals surface area contributed by atoms with Crippen molar-refractivity contribution in [2.75, 3.05) is 38.2 Å². The Bertz CT molecular complexity index is 1680. The maximum Gasteiger partial charge on any atom is 0.319 e. The number of halogens is 1. The molecule has 0 bridgehead atoms. The number of H-pyrrole nitrogens is 1. The molecule has 0 spiro atoms. The van der Waals surface area contributed by atoms with Gasteiger partial charge in [-0.25, -0.2) is 0 Å². The number of anilines is 1. The Kier molecular flexibility index (Phi) is 7.28. The van der Waals surface area contributed by atoms with Gasteiger partial charge in [-0.1, -0.05) is 17.7 Å². The lowest BCUT2D eigenvalue weighted by Gasteiger charge is -2.33. The van der Waals surface area contributed by atoms with Crippen molar-refractivity contribution < 1.29 is 9.47 Å². The van der Waals surface area contributed by atoms with Crippen LogP contribution in [0.15, 0.2) is 24.4 Å². The average molecular weight is 586 g/mol. The van der Waals surface area contributed by atoms with Gasteiger partial charge in [-0.3, -0.25) is 5.10 Å². The van der Waals surface area contributed by atoms with Crippen molar-refractivity contribution in [3.8, 4) is 29.0 Å². The highest BCUT2D eigenvalue weighted by molar-refractivity contribution is 6.35. The van der Waals surface area contributed by atoms with Gasteiger partial charge in [0.2, 0.25) is 0 Å². The van der Waals surface area contributed by atoms with Gasteiger partial charge < -0.3 is 19.3 Å². The van der Waals surface area contributed by atoms with Gasteiger partial charge in [0.15, 0.2) is 5.75 Å². The number of hydrogen-bond donors (Lipinski definition) is 1. The monoisotopic (exact) mass is 585 g/mol. The molecule has 2 aromatic carbocycles. The number of aromatic nitrogens is 4. The summed E-state index contributed by atoms with van der Waals surface area (Å²) < 4.78 is 13.1. The minimum atomic E-state index is 0.124. The number of benzene rings is 2. The molecule has 10 heteroatoms. The van der Waals surface area contributed by atoms with Gasteiger partial charge >= 0.3 is 6.01 Å². The Morgan fingerprint density at radius 1 is 1.10 bits per heavy atom. The van der Waals surface area contributed by atoms with Crippen molar-refractivity contribution in [1.29, 1.82) is 5.26 Å². The summed E-state index contributed by atoms with van der Waals surface area (Å²) in [6, 6.07) is 9.17. The molecule has 4 aromatic rings. The Labute approximate surface area is 250 Å². The molecule has 9 nitrogen and oxygen atoms in total. The lowest BCUT2D eigenvalue weighted by molar-refractivity contribution is 0.188. The van der Waals surface area contributed by atoms with Gasteiger partial charge in [-0.2, -0.15) is 20.3 Å². The smallest absolute Gasteiger partial charge is 0.319 e. The molecule has 2 saturated heterocycles. The first-order chi connectivity index (χ1) is 20.5. The van der Waals surface area contributed by atoms with Gasteiger partial charge in [0.25, 0.3) is 0 Å². The number of nitrogens with zero attached hydrogens (tertiary/aromatic N) is 6. The van der Waals surface area contributed by atoms with Crippen molar-refractivity contribution in [2.24, 2.45) is 5.92 Å². The van der Waals surface area contributed by atoms with Crippen LogP contribution < -0.4 is 14.4 Å². The van der Waals surface area contributed by atoms with E-state index >= 15 is 0 Å². The second-order valence-corrected chi connectivity index (χ2v) is 12.5. The lowest BCUT2D eigenvalue weighted by Crippen LogP contribution is -2.36. The molecule has 0 amide bonds. The molecule has 7 rings (SSSR count). The highest BCUT2D eigenvalue weighted by Gasteiger charge is 2.32. The SMILES string of the molecule is Cc1ccc2[nH]ncc2c1-c1c(Cl)cc2c(N3CCC[C@@H](CC#N)C3)nc(OC[C@@H]3CCCN3C)nc2c1OC1CC1. The number of likely N-dealkylation sites (N-methyl/N-ethyl adjacent to an activating group) is 1. The number of aromatic amines is 1. The van der Waals surface area contributed by atoms with E-state index < -0.39 is 0 Å². The molecule has 218 valence electrons. The van der Waals surface area contributed by atoms with Gasteiger partial charge in [0.05, 0.1) is 28.9 Å². The number of fused-ring (bicyclic) bond motifs is 2. The Morgan fingerprint density at radius 2 is 1.95 bits per heavy atom. The highest BCUT2D eigenvalue weighted by Crippen LogP contribution is 2.49. The topological polar surface area (TPSA) is 103 Å². The standard InChI is InChI=1S/C32H36ClN7O2/c1-19-7-10-26-24(16-35-38-26)27(19)28-25(33)15-23-29(30(28)42-22-8-9-22)36-32(41-18-21-6-4-13-39(21)2)37-31(23)40-14-3-5-20(17-40)11-12-34/h7,10,15-16,20-22H,3-6,8-9,11,13-14,17-18H2,1-2H3,(H,35,38)/t20-,21-/m0/s1.